The molecular formula is C27H38O5. The van der Waals surface area contributed by atoms with Gasteiger partial charge in [0.2, 0.25) is 0 Å². The number of aliphatic hydroxyl groups excluding tert-OH is 2. The van der Waals surface area contributed by atoms with Crippen molar-refractivity contribution in [3.63, 3.8) is 0 Å². The smallest absolute Gasteiger partial charge is 0.195 e. The van der Waals surface area contributed by atoms with E-state index in [1.54, 1.807) is 0 Å². The van der Waals surface area contributed by atoms with Crippen LogP contribution < -0.4 is 9.47 Å². The fraction of sp³-hybridized carbons (Fsp3) is 0.519. The molecule has 0 saturated carbocycles. The number of aliphatic hydroxyl groups is 2. The van der Waals surface area contributed by atoms with Gasteiger partial charge in [0.05, 0.1) is 6.10 Å². The van der Waals surface area contributed by atoms with Crippen molar-refractivity contribution in [3.05, 3.63) is 59.2 Å². The molecule has 5 nitrogen and oxygen atoms in total. The lowest BCUT2D eigenvalue weighted by molar-refractivity contribution is -0.123. The maximum absolute atomic E-state index is 11.3. The van der Waals surface area contributed by atoms with Gasteiger partial charge in [-0.3, -0.25) is 4.79 Å². The minimum absolute atomic E-state index is 0.132. The summed E-state index contributed by atoms with van der Waals surface area (Å²) in [6, 6.07) is 14.1. The Bertz CT molecular complexity index is 876. The summed E-state index contributed by atoms with van der Waals surface area (Å²) in [6.45, 7) is 12.0. The summed E-state index contributed by atoms with van der Waals surface area (Å²) < 4.78 is 11.4. The zero-order chi connectivity index (χ0) is 23.9. The number of ketones is 1. The maximum Gasteiger partial charge on any atom is 0.195 e. The summed E-state index contributed by atoms with van der Waals surface area (Å²) in [5.41, 5.74) is 3.05. The second kappa shape index (κ2) is 11.0. The van der Waals surface area contributed by atoms with Crippen molar-refractivity contribution >= 4 is 5.78 Å². The number of hydrogen-bond donors (Lipinski definition) is 2. The van der Waals surface area contributed by atoms with Crippen LogP contribution in [0.2, 0.25) is 0 Å². The third-order valence-electron chi connectivity index (χ3n) is 6.31. The Morgan fingerprint density at radius 2 is 1.56 bits per heavy atom. The van der Waals surface area contributed by atoms with Crippen LogP contribution in [0.3, 0.4) is 0 Å². The van der Waals surface area contributed by atoms with Crippen molar-refractivity contribution in [1.82, 2.24) is 0 Å². The minimum Gasteiger partial charge on any atom is -0.491 e. The van der Waals surface area contributed by atoms with Crippen LogP contribution in [0.25, 0.3) is 0 Å². The molecule has 0 aliphatic rings. The van der Waals surface area contributed by atoms with Crippen LogP contribution in [-0.4, -0.2) is 41.9 Å². The topological polar surface area (TPSA) is 76.0 Å². The van der Waals surface area contributed by atoms with Crippen molar-refractivity contribution in [3.8, 4) is 11.5 Å². The molecule has 2 N–H and O–H groups in total. The highest BCUT2D eigenvalue weighted by molar-refractivity contribution is 5.80. The molecule has 0 spiro atoms. The Labute approximate surface area is 192 Å². The molecule has 2 aromatic rings. The zero-order valence-electron chi connectivity index (χ0n) is 20.3. The Balaban J connectivity index is 2.25. The quantitative estimate of drug-likeness (QED) is 0.521. The van der Waals surface area contributed by atoms with Gasteiger partial charge in [0, 0.05) is 5.41 Å². The molecule has 1 unspecified atom stereocenters. The average molecular weight is 443 g/mol. The summed E-state index contributed by atoms with van der Waals surface area (Å²) in [4.78, 5) is 11.3. The largest absolute Gasteiger partial charge is 0.491 e. The van der Waals surface area contributed by atoms with Crippen LogP contribution in [0.5, 0.6) is 11.5 Å². The van der Waals surface area contributed by atoms with E-state index in [2.05, 4.69) is 26.0 Å². The first-order valence-electron chi connectivity index (χ1n) is 11.3. The Hall–Kier alpha value is -2.37. The van der Waals surface area contributed by atoms with E-state index in [9.17, 15) is 9.90 Å². The van der Waals surface area contributed by atoms with Crippen LogP contribution in [-0.2, 0) is 10.2 Å². The summed E-state index contributed by atoms with van der Waals surface area (Å²) in [5, 5.41) is 19.1. The van der Waals surface area contributed by atoms with Gasteiger partial charge in [-0.05, 0) is 60.1 Å². The SMILES string of the molecule is CCC(CC)(c1ccc(OCC(=O)CO)cc1)c1ccc(OCC(O)C(C)(C)C)c(C)c1. The van der Waals surface area contributed by atoms with Crippen LogP contribution in [0.1, 0.15) is 64.2 Å². The van der Waals surface area contributed by atoms with E-state index in [4.69, 9.17) is 14.6 Å². The molecule has 176 valence electrons. The number of hydrogen-bond acceptors (Lipinski definition) is 5. The fourth-order valence-electron chi connectivity index (χ4n) is 3.84. The number of Topliss-reactive ketones (excluding diaryl/α,β-unsaturated/α-hetero) is 1. The normalized spacial score (nSPS) is 13.0. The second-order valence-electron chi connectivity index (χ2n) is 9.47. The third-order valence-corrected chi connectivity index (χ3v) is 6.31. The van der Waals surface area contributed by atoms with Crippen LogP contribution >= 0.6 is 0 Å². The van der Waals surface area contributed by atoms with Gasteiger partial charge >= 0.3 is 0 Å². The van der Waals surface area contributed by atoms with Crippen LogP contribution in [0.4, 0.5) is 0 Å². The molecule has 0 radical (unpaired) electrons. The monoisotopic (exact) mass is 442 g/mol. The van der Waals surface area contributed by atoms with E-state index >= 15 is 0 Å². The average Bonchev–Trinajstić information content (AvgIpc) is 2.78. The molecule has 0 saturated heterocycles. The zero-order valence-corrected chi connectivity index (χ0v) is 20.3. The van der Waals surface area contributed by atoms with Gasteiger partial charge in [-0.1, -0.05) is 58.9 Å². The molecule has 32 heavy (non-hydrogen) atoms. The Morgan fingerprint density at radius 1 is 0.969 bits per heavy atom. The molecule has 0 fully saturated rings. The van der Waals surface area contributed by atoms with Gasteiger partial charge in [0.1, 0.15) is 31.3 Å². The number of aryl methyl sites for hydroxylation is 1. The van der Waals surface area contributed by atoms with E-state index in [0.29, 0.717) is 5.75 Å². The molecule has 0 heterocycles. The lowest BCUT2D eigenvalue weighted by Crippen LogP contribution is -2.32. The van der Waals surface area contributed by atoms with Gasteiger partial charge in [0.15, 0.2) is 5.78 Å². The first-order chi connectivity index (χ1) is 15.1. The Morgan fingerprint density at radius 3 is 2.06 bits per heavy atom. The summed E-state index contributed by atoms with van der Waals surface area (Å²) in [7, 11) is 0. The van der Waals surface area contributed by atoms with Gasteiger partial charge < -0.3 is 19.7 Å². The summed E-state index contributed by atoms with van der Waals surface area (Å²) in [6.07, 6.45) is 1.31. The van der Waals surface area contributed by atoms with E-state index in [1.807, 2.05) is 58.0 Å². The van der Waals surface area contributed by atoms with Gasteiger partial charge in [-0.2, -0.15) is 0 Å². The number of carbonyl (C=O) groups excluding carboxylic acids is 1. The van der Waals surface area contributed by atoms with Crippen LogP contribution in [0, 0.1) is 12.3 Å². The molecule has 0 amide bonds. The molecule has 1 atom stereocenters. The number of benzene rings is 2. The first kappa shape index (κ1) is 25.9. The van der Waals surface area contributed by atoms with Crippen molar-refractivity contribution < 1.29 is 24.5 Å². The third kappa shape index (κ3) is 6.11. The van der Waals surface area contributed by atoms with Crippen molar-refractivity contribution in [1.29, 1.82) is 0 Å². The predicted octanol–water partition coefficient (Wildman–Crippen LogP) is 4.83. The Kier molecular flexibility index (Phi) is 8.88. The highest BCUT2D eigenvalue weighted by Gasteiger charge is 2.31. The van der Waals surface area contributed by atoms with Crippen LogP contribution in [0.15, 0.2) is 42.5 Å². The fourth-order valence-corrected chi connectivity index (χ4v) is 3.84. The summed E-state index contributed by atoms with van der Waals surface area (Å²) in [5.74, 6) is 1.04. The number of carbonyl (C=O) groups is 1. The number of ether oxygens (including phenoxy) is 2. The van der Waals surface area contributed by atoms with E-state index in [1.165, 1.54) is 11.1 Å². The highest BCUT2D eigenvalue weighted by atomic mass is 16.5. The van der Waals surface area contributed by atoms with Crippen molar-refractivity contribution in [2.45, 2.75) is 65.9 Å². The van der Waals surface area contributed by atoms with Gasteiger partial charge in [-0.15, -0.1) is 0 Å². The minimum atomic E-state index is -0.541. The van der Waals surface area contributed by atoms with E-state index in [0.717, 1.165) is 24.2 Å². The lowest BCUT2D eigenvalue weighted by Gasteiger charge is -2.34. The molecule has 0 aliphatic heterocycles. The van der Waals surface area contributed by atoms with Crippen molar-refractivity contribution in [2.24, 2.45) is 5.41 Å². The van der Waals surface area contributed by atoms with Gasteiger partial charge in [0.25, 0.3) is 0 Å². The van der Waals surface area contributed by atoms with E-state index in [-0.39, 0.29) is 29.8 Å². The molecule has 0 bridgehead atoms. The summed E-state index contributed by atoms with van der Waals surface area (Å²) >= 11 is 0. The number of rotatable bonds is 11. The lowest BCUT2D eigenvalue weighted by atomic mass is 9.70. The highest BCUT2D eigenvalue weighted by Crippen LogP contribution is 2.40. The molecular weight excluding hydrogens is 404 g/mol. The molecule has 5 heteroatoms. The molecule has 0 aromatic heterocycles. The van der Waals surface area contributed by atoms with Crippen molar-refractivity contribution in [2.75, 3.05) is 19.8 Å². The molecule has 2 aromatic carbocycles. The first-order valence-corrected chi connectivity index (χ1v) is 11.3. The maximum atomic E-state index is 11.3. The predicted molar refractivity (Wildman–Crippen MR) is 128 cm³/mol. The van der Waals surface area contributed by atoms with E-state index < -0.39 is 12.7 Å². The molecule has 0 aliphatic carbocycles. The standard InChI is InChI=1S/C27H38O5/c1-7-27(8-2,20-9-12-23(13-10-20)31-17-22(29)16-28)21-11-14-24(19(3)15-21)32-18-25(30)26(4,5)6/h9-15,25,28,30H,7-8,16-18H2,1-6H3. The second-order valence-corrected chi connectivity index (χ2v) is 9.47. The van der Waals surface area contributed by atoms with Gasteiger partial charge in [-0.25, -0.2) is 0 Å². The molecule has 2 rings (SSSR count).